The maximum Gasteiger partial charge on any atom is 0.328 e. The van der Waals surface area contributed by atoms with Crippen LogP contribution in [-0.4, -0.2) is 25.0 Å². The van der Waals surface area contributed by atoms with E-state index in [0.717, 1.165) is 16.8 Å². The Morgan fingerprint density at radius 1 is 1.32 bits per heavy atom. The van der Waals surface area contributed by atoms with E-state index in [-0.39, 0.29) is 5.91 Å². The molecule has 1 aromatic rings. The maximum atomic E-state index is 12.1. The summed E-state index contributed by atoms with van der Waals surface area (Å²) in [5.41, 5.74) is 2.57. The van der Waals surface area contributed by atoms with E-state index in [0.29, 0.717) is 0 Å². The predicted molar refractivity (Wildman–Crippen MR) is 75.1 cm³/mol. The number of aryl methyl sites for hydroxylation is 2. The average molecular weight is 261 g/mol. The first-order chi connectivity index (χ1) is 8.93. The van der Waals surface area contributed by atoms with E-state index in [2.05, 4.69) is 6.58 Å². The van der Waals surface area contributed by atoms with Crippen LogP contribution in [0, 0.1) is 13.8 Å². The first-order valence-electron chi connectivity index (χ1n) is 6.03. The molecule has 102 valence electrons. The Labute approximate surface area is 113 Å². The molecule has 0 spiro atoms. The number of amides is 1. The molecule has 0 saturated carbocycles. The Kier molecular flexibility index (Phi) is 4.87. The molecule has 0 heterocycles. The fourth-order valence-corrected chi connectivity index (χ4v) is 2.05. The third-order valence-electron chi connectivity index (χ3n) is 3.02. The molecule has 1 atom stereocenters. The number of anilines is 1. The third kappa shape index (κ3) is 3.02. The van der Waals surface area contributed by atoms with Crippen LogP contribution in [0.25, 0.3) is 0 Å². The monoisotopic (exact) mass is 261 g/mol. The Hall–Kier alpha value is -2.10. The molecular formula is C15H19NO3. The highest BCUT2D eigenvalue weighted by molar-refractivity contribution is 6.06. The van der Waals surface area contributed by atoms with Gasteiger partial charge in [0.1, 0.15) is 6.04 Å². The average Bonchev–Trinajstić information content (AvgIpc) is 2.40. The van der Waals surface area contributed by atoms with Crippen LogP contribution in [-0.2, 0) is 14.3 Å². The number of hydrogen-bond donors (Lipinski definition) is 0. The minimum absolute atomic E-state index is 0.324. The number of esters is 1. The number of carbonyl (C=O) groups is 2. The van der Waals surface area contributed by atoms with Gasteiger partial charge in [0, 0.05) is 0 Å². The zero-order chi connectivity index (χ0) is 14.6. The van der Waals surface area contributed by atoms with E-state index in [1.54, 1.807) is 6.92 Å². The van der Waals surface area contributed by atoms with Crippen molar-refractivity contribution in [2.45, 2.75) is 26.8 Å². The molecule has 19 heavy (non-hydrogen) atoms. The summed E-state index contributed by atoms with van der Waals surface area (Å²) in [4.78, 5) is 25.2. The minimum Gasteiger partial charge on any atom is -0.467 e. The number of rotatable bonds is 4. The second kappa shape index (κ2) is 6.18. The number of para-hydroxylation sites is 1. The number of methoxy groups -OCH3 is 1. The zero-order valence-electron chi connectivity index (χ0n) is 11.8. The molecule has 0 aliphatic carbocycles. The SMILES string of the molecule is C=CC(=O)N(c1c(C)cccc1C)C(C)C(=O)OC. The summed E-state index contributed by atoms with van der Waals surface area (Å²) in [6.07, 6.45) is 1.20. The van der Waals surface area contributed by atoms with Crippen molar-refractivity contribution in [2.75, 3.05) is 12.0 Å². The van der Waals surface area contributed by atoms with E-state index in [4.69, 9.17) is 4.74 Å². The van der Waals surface area contributed by atoms with Gasteiger partial charge in [-0.1, -0.05) is 24.8 Å². The lowest BCUT2D eigenvalue weighted by Crippen LogP contribution is -2.44. The van der Waals surface area contributed by atoms with Gasteiger partial charge in [0.25, 0.3) is 5.91 Å². The van der Waals surface area contributed by atoms with Gasteiger partial charge in [0.05, 0.1) is 12.8 Å². The number of ether oxygens (including phenoxy) is 1. The summed E-state index contributed by atoms with van der Waals surface area (Å²) in [5, 5.41) is 0. The molecule has 1 amide bonds. The Morgan fingerprint density at radius 3 is 2.26 bits per heavy atom. The molecule has 0 radical (unpaired) electrons. The largest absolute Gasteiger partial charge is 0.467 e. The van der Waals surface area contributed by atoms with Crippen LogP contribution < -0.4 is 4.90 Å². The normalized spacial score (nSPS) is 11.6. The quantitative estimate of drug-likeness (QED) is 0.617. The van der Waals surface area contributed by atoms with Crippen LogP contribution in [0.4, 0.5) is 5.69 Å². The van der Waals surface area contributed by atoms with E-state index >= 15 is 0 Å². The lowest BCUT2D eigenvalue weighted by atomic mass is 10.1. The highest BCUT2D eigenvalue weighted by Gasteiger charge is 2.28. The van der Waals surface area contributed by atoms with Gasteiger partial charge >= 0.3 is 5.97 Å². The number of carbonyl (C=O) groups excluding carboxylic acids is 2. The molecule has 0 aliphatic rings. The van der Waals surface area contributed by atoms with Crippen molar-refractivity contribution in [3.63, 3.8) is 0 Å². The van der Waals surface area contributed by atoms with Crippen molar-refractivity contribution in [1.29, 1.82) is 0 Å². The molecule has 0 bridgehead atoms. The number of benzene rings is 1. The molecule has 0 aliphatic heterocycles. The predicted octanol–water partition coefficient (Wildman–Crippen LogP) is 2.38. The van der Waals surface area contributed by atoms with Crippen molar-refractivity contribution in [2.24, 2.45) is 0 Å². The van der Waals surface area contributed by atoms with Gasteiger partial charge in [-0.25, -0.2) is 4.79 Å². The van der Waals surface area contributed by atoms with Gasteiger partial charge in [-0.3, -0.25) is 9.69 Å². The summed E-state index contributed by atoms with van der Waals surface area (Å²) >= 11 is 0. The summed E-state index contributed by atoms with van der Waals surface area (Å²) < 4.78 is 4.72. The van der Waals surface area contributed by atoms with Crippen molar-refractivity contribution in [3.8, 4) is 0 Å². The minimum atomic E-state index is -0.699. The number of nitrogens with zero attached hydrogens (tertiary/aromatic N) is 1. The van der Waals surface area contributed by atoms with Gasteiger partial charge in [-0.05, 0) is 38.0 Å². The van der Waals surface area contributed by atoms with Crippen molar-refractivity contribution < 1.29 is 14.3 Å². The second-order valence-electron chi connectivity index (χ2n) is 4.35. The van der Waals surface area contributed by atoms with Gasteiger partial charge in [-0.2, -0.15) is 0 Å². The van der Waals surface area contributed by atoms with Crippen LogP contribution in [0.2, 0.25) is 0 Å². The first kappa shape index (κ1) is 15.0. The summed E-state index contributed by atoms with van der Waals surface area (Å²) in [6, 6.07) is 5.01. The van der Waals surface area contributed by atoms with Crippen LogP contribution in [0.1, 0.15) is 18.1 Å². The molecule has 1 unspecified atom stereocenters. The summed E-state index contributed by atoms with van der Waals surface area (Å²) in [5.74, 6) is -0.784. The fourth-order valence-electron chi connectivity index (χ4n) is 2.05. The van der Waals surface area contributed by atoms with E-state index in [1.807, 2.05) is 32.0 Å². The summed E-state index contributed by atoms with van der Waals surface area (Å²) in [6.45, 7) is 8.93. The standard InChI is InChI=1S/C15H19NO3/c1-6-13(17)16(12(4)15(18)19-5)14-10(2)8-7-9-11(14)3/h6-9,12H,1H2,2-5H3. The van der Waals surface area contributed by atoms with Crippen molar-refractivity contribution in [3.05, 3.63) is 42.0 Å². The van der Waals surface area contributed by atoms with Crippen LogP contribution in [0.5, 0.6) is 0 Å². The van der Waals surface area contributed by atoms with Gasteiger partial charge in [-0.15, -0.1) is 0 Å². The number of hydrogen-bond acceptors (Lipinski definition) is 3. The molecule has 0 fully saturated rings. The van der Waals surface area contributed by atoms with Crippen LogP contribution in [0.3, 0.4) is 0 Å². The maximum absolute atomic E-state index is 12.1. The van der Waals surface area contributed by atoms with Crippen LogP contribution >= 0.6 is 0 Å². The lowest BCUT2D eigenvalue weighted by Gasteiger charge is -2.29. The molecule has 0 N–H and O–H groups in total. The first-order valence-corrected chi connectivity index (χ1v) is 6.03. The molecule has 0 saturated heterocycles. The van der Waals surface area contributed by atoms with Gasteiger partial charge in [0.2, 0.25) is 0 Å². The van der Waals surface area contributed by atoms with Crippen LogP contribution in [0.15, 0.2) is 30.9 Å². The summed E-state index contributed by atoms with van der Waals surface area (Å²) in [7, 11) is 1.31. The molecular weight excluding hydrogens is 242 g/mol. The van der Waals surface area contributed by atoms with Gasteiger partial charge < -0.3 is 4.74 Å². The second-order valence-corrected chi connectivity index (χ2v) is 4.35. The lowest BCUT2D eigenvalue weighted by molar-refractivity contribution is -0.142. The van der Waals surface area contributed by atoms with Crippen molar-refractivity contribution in [1.82, 2.24) is 0 Å². The molecule has 4 nitrogen and oxygen atoms in total. The molecule has 0 aromatic heterocycles. The highest BCUT2D eigenvalue weighted by Crippen LogP contribution is 2.27. The molecule has 1 aromatic carbocycles. The van der Waals surface area contributed by atoms with Crippen molar-refractivity contribution >= 4 is 17.6 Å². The molecule has 1 rings (SSSR count). The van der Waals surface area contributed by atoms with Gasteiger partial charge in [0.15, 0.2) is 0 Å². The zero-order valence-corrected chi connectivity index (χ0v) is 11.8. The Morgan fingerprint density at radius 2 is 1.84 bits per heavy atom. The Balaban J connectivity index is 3.36. The van der Waals surface area contributed by atoms with E-state index < -0.39 is 12.0 Å². The highest BCUT2D eigenvalue weighted by atomic mass is 16.5. The third-order valence-corrected chi connectivity index (χ3v) is 3.02. The Bertz CT molecular complexity index is 488. The fraction of sp³-hybridized carbons (Fsp3) is 0.333. The van der Waals surface area contributed by atoms with E-state index in [9.17, 15) is 9.59 Å². The molecule has 4 heteroatoms. The smallest absolute Gasteiger partial charge is 0.328 e. The topological polar surface area (TPSA) is 46.6 Å². The van der Waals surface area contributed by atoms with E-state index in [1.165, 1.54) is 18.1 Å².